The molecule has 68 valence electrons. The van der Waals surface area contributed by atoms with E-state index in [1.807, 2.05) is 20.8 Å². The van der Waals surface area contributed by atoms with E-state index in [2.05, 4.69) is 5.32 Å². The fourth-order valence-electron chi connectivity index (χ4n) is 0. The maximum absolute atomic E-state index is 9.70. The van der Waals surface area contributed by atoms with E-state index in [0.717, 1.165) is 0 Å². The third kappa shape index (κ3) is 26.5. The Morgan fingerprint density at radius 2 is 1.55 bits per heavy atom. The van der Waals surface area contributed by atoms with Crippen LogP contribution in [0.15, 0.2) is 0 Å². The minimum Gasteiger partial charge on any atom is -0.379 e. The van der Waals surface area contributed by atoms with Crippen molar-refractivity contribution < 1.29 is 9.53 Å². The lowest BCUT2D eigenvalue weighted by Crippen LogP contribution is -2.15. The average Bonchev–Trinajstić information content (AvgIpc) is 1.88. The highest BCUT2D eigenvalue weighted by Gasteiger charge is 2.03. The van der Waals surface area contributed by atoms with E-state index >= 15 is 0 Å². The van der Waals surface area contributed by atoms with E-state index in [1.165, 1.54) is 6.92 Å². The molecule has 0 aromatic carbocycles. The van der Waals surface area contributed by atoms with Gasteiger partial charge in [-0.3, -0.25) is 4.79 Å². The number of hydrogen-bond donors (Lipinski definition) is 1. The predicted molar refractivity (Wildman–Crippen MR) is 46.5 cm³/mol. The second kappa shape index (κ2) is 6.16. The SMILES string of the molecule is CNC(C)=O.COC(C)(C)C. The van der Waals surface area contributed by atoms with Crippen molar-refractivity contribution in [1.29, 1.82) is 0 Å². The topological polar surface area (TPSA) is 38.3 Å². The van der Waals surface area contributed by atoms with Crippen molar-refractivity contribution in [3.8, 4) is 0 Å². The van der Waals surface area contributed by atoms with Gasteiger partial charge in [0, 0.05) is 21.1 Å². The molecule has 0 aromatic heterocycles. The zero-order chi connectivity index (χ0) is 9.49. The Bertz CT molecular complexity index is 105. The smallest absolute Gasteiger partial charge is 0.216 e. The van der Waals surface area contributed by atoms with Crippen LogP contribution in [0, 0.1) is 0 Å². The summed E-state index contributed by atoms with van der Waals surface area (Å²) in [7, 11) is 3.31. The molecule has 0 unspecified atom stereocenters. The largest absolute Gasteiger partial charge is 0.379 e. The van der Waals surface area contributed by atoms with Crippen molar-refractivity contribution in [2.24, 2.45) is 0 Å². The average molecular weight is 161 g/mol. The fourth-order valence-corrected chi connectivity index (χ4v) is 0. The third-order valence-corrected chi connectivity index (χ3v) is 0.964. The van der Waals surface area contributed by atoms with Crippen LogP contribution in [0.3, 0.4) is 0 Å². The number of carbonyl (C=O) groups is 1. The molecule has 3 nitrogen and oxygen atoms in total. The molecule has 0 aliphatic carbocycles. The maximum Gasteiger partial charge on any atom is 0.216 e. The van der Waals surface area contributed by atoms with Gasteiger partial charge in [-0.05, 0) is 20.8 Å². The lowest BCUT2D eigenvalue weighted by Gasteiger charge is -2.14. The molecular formula is C8H19NO2. The molecule has 0 rings (SSSR count). The predicted octanol–water partition coefficient (Wildman–Crippen LogP) is 1.18. The molecule has 0 aromatic rings. The Labute approximate surface area is 69.1 Å². The summed E-state index contributed by atoms with van der Waals surface area (Å²) in [5.41, 5.74) is 0.0417. The van der Waals surface area contributed by atoms with Gasteiger partial charge < -0.3 is 10.1 Å². The van der Waals surface area contributed by atoms with Gasteiger partial charge in [-0.1, -0.05) is 0 Å². The quantitative estimate of drug-likeness (QED) is 0.579. The van der Waals surface area contributed by atoms with Crippen LogP contribution in [0.1, 0.15) is 27.7 Å². The van der Waals surface area contributed by atoms with Gasteiger partial charge in [-0.25, -0.2) is 0 Å². The highest BCUT2D eigenvalue weighted by Crippen LogP contribution is 2.02. The molecule has 3 heteroatoms. The summed E-state index contributed by atoms with van der Waals surface area (Å²) in [6.07, 6.45) is 0. The van der Waals surface area contributed by atoms with Gasteiger partial charge in [-0.15, -0.1) is 0 Å². The first-order valence-corrected chi connectivity index (χ1v) is 3.57. The van der Waals surface area contributed by atoms with Crippen molar-refractivity contribution in [3.05, 3.63) is 0 Å². The van der Waals surface area contributed by atoms with Crippen LogP contribution in [0.4, 0.5) is 0 Å². The van der Waals surface area contributed by atoms with E-state index in [9.17, 15) is 4.79 Å². The van der Waals surface area contributed by atoms with Gasteiger partial charge >= 0.3 is 0 Å². The van der Waals surface area contributed by atoms with Gasteiger partial charge in [0.15, 0.2) is 0 Å². The summed E-state index contributed by atoms with van der Waals surface area (Å²) in [5.74, 6) is 0.00463. The van der Waals surface area contributed by atoms with Gasteiger partial charge in [-0.2, -0.15) is 0 Å². The molecule has 0 bridgehead atoms. The molecule has 0 aliphatic heterocycles. The van der Waals surface area contributed by atoms with Crippen LogP contribution in [-0.2, 0) is 9.53 Å². The van der Waals surface area contributed by atoms with Crippen LogP contribution >= 0.6 is 0 Å². The second-order valence-corrected chi connectivity index (χ2v) is 3.12. The van der Waals surface area contributed by atoms with E-state index < -0.39 is 0 Å². The zero-order valence-electron chi connectivity index (χ0n) is 8.32. The summed E-state index contributed by atoms with van der Waals surface area (Å²) >= 11 is 0. The van der Waals surface area contributed by atoms with Crippen molar-refractivity contribution in [2.45, 2.75) is 33.3 Å². The highest BCUT2D eigenvalue weighted by molar-refractivity contribution is 5.72. The summed E-state index contributed by atoms with van der Waals surface area (Å²) in [6, 6.07) is 0. The first-order valence-electron chi connectivity index (χ1n) is 3.57. The Morgan fingerprint density at radius 1 is 1.36 bits per heavy atom. The first kappa shape index (κ1) is 13.1. The van der Waals surface area contributed by atoms with Gasteiger partial charge in [0.25, 0.3) is 0 Å². The maximum atomic E-state index is 9.70. The molecule has 1 amide bonds. The van der Waals surface area contributed by atoms with Crippen LogP contribution in [0.25, 0.3) is 0 Å². The molecular weight excluding hydrogens is 142 g/mol. The van der Waals surface area contributed by atoms with Crippen LogP contribution in [0.5, 0.6) is 0 Å². The standard InChI is InChI=1S/C5H12O.C3H7NO/c1-5(2,3)6-4;1-3(5)4-2/h1-4H3;1-2H3,(H,4,5). The van der Waals surface area contributed by atoms with Gasteiger partial charge in [0.1, 0.15) is 0 Å². The van der Waals surface area contributed by atoms with Gasteiger partial charge in [0.05, 0.1) is 5.60 Å². The highest BCUT2D eigenvalue weighted by atomic mass is 16.5. The minimum absolute atomic E-state index is 0.00463. The lowest BCUT2D eigenvalue weighted by atomic mass is 10.2. The minimum atomic E-state index is 0.00463. The number of rotatable bonds is 0. The van der Waals surface area contributed by atoms with Crippen LogP contribution < -0.4 is 5.32 Å². The van der Waals surface area contributed by atoms with Crippen LogP contribution in [0.2, 0.25) is 0 Å². The number of methoxy groups -OCH3 is 1. The molecule has 0 fully saturated rings. The van der Waals surface area contributed by atoms with E-state index in [-0.39, 0.29) is 11.5 Å². The second-order valence-electron chi connectivity index (χ2n) is 3.12. The number of amides is 1. The molecule has 0 aliphatic rings. The zero-order valence-corrected chi connectivity index (χ0v) is 8.32. The Balaban J connectivity index is 0. The van der Waals surface area contributed by atoms with Crippen molar-refractivity contribution in [1.82, 2.24) is 5.32 Å². The summed E-state index contributed by atoms with van der Waals surface area (Å²) in [5, 5.41) is 2.39. The molecule has 0 spiro atoms. The van der Waals surface area contributed by atoms with E-state index in [0.29, 0.717) is 0 Å². The molecule has 0 saturated heterocycles. The fraction of sp³-hybridized carbons (Fsp3) is 0.875. The number of ether oxygens (including phenoxy) is 1. The summed E-state index contributed by atoms with van der Waals surface area (Å²) in [6.45, 7) is 7.53. The molecule has 0 saturated carbocycles. The summed E-state index contributed by atoms with van der Waals surface area (Å²) in [4.78, 5) is 9.70. The van der Waals surface area contributed by atoms with Crippen molar-refractivity contribution in [3.63, 3.8) is 0 Å². The van der Waals surface area contributed by atoms with Crippen LogP contribution in [-0.4, -0.2) is 25.7 Å². The lowest BCUT2D eigenvalue weighted by molar-refractivity contribution is -0.118. The number of nitrogens with one attached hydrogen (secondary N) is 1. The molecule has 0 heterocycles. The van der Waals surface area contributed by atoms with E-state index in [1.54, 1.807) is 14.2 Å². The normalized spacial score (nSPS) is 9.64. The summed E-state index contributed by atoms with van der Waals surface area (Å²) < 4.78 is 4.94. The first-order chi connectivity index (χ1) is 4.83. The third-order valence-electron chi connectivity index (χ3n) is 0.964. The Morgan fingerprint density at radius 3 is 1.55 bits per heavy atom. The molecule has 0 radical (unpaired) electrons. The monoisotopic (exact) mass is 161 g/mol. The number of carbonyl (C=O) groups excluding carboxylic acids is 1. The Kier molecular flexibility index (Phi) is 7.31. The number of hydrogen-bond acceptors (Lipinski definition) is 2. The Hall–Kier alpha value is -0.570. The molecule has 1 N–H and O–H groups in total. The molecule has 0 atom stereocenters. The van der Waals surface area contributed by atoms with E-state index in [4.69, 9.17) is 4.74 Å². The molecule has 11 heavy (non-hydrogen) atoms. The van der Waals surface area contributed by atoms with Crippen molar-refractivity contribution in [2.75, 3.05) is 14.2 Å². The van der Waals surface area contributed by atoms with Gasteiger partial charge in [0.2, 0.25) is 5.91 Å². The van der Waals surface area contributed by atoms with Crippen molar-refractivity contribution >= 4 is 5.91 Å².